The van der Waals surface area contributed by atoms with E-state index >= 15 is 0 Å². The molecule has 0 atom stereocenters. The maximum atomic E-state index is 11.5. The van der Waals surface area contributed by atoms with Crippen LogP contribution in [0.15, 0.2) is 218 Å². The van der Waals surface area contributed by atoms with Crippen LogP contribution in [0.2, 0.25) is 0 Å². The Labute approximate surface area is 400 Å². The van der Waals surface area contributed by atoms with Crippen LogP contribution >= 0.6 is 0 Å². The number of rotatable bonds is 4. The fraction of sp³-hybridized carbons (Fsp3) is 0. The molecule has 0 aliphatic carbocycles. The maximum Gasteiger partial charge on any atom is 0.212 e. The fourth-order valence-electron chi connectivity index (χ4n) is 11.8. The summed E-state index contributed by atoms with van der Waals surface area (Å²) in [6, 6.07) is 79.8. The van der Waals surface area contributed by atoms with Crippen LogP contribution in [0.4, 0.5) is 5.69 Å². The molecule has 0 spiro atoms. The molecule has 4 aromatic heterocycles. The van der Waals surface area contributed by atoms with E-state index < -0.39 is 0 Å². The zero-order valence-electron chi connectivity index (χ0n) is 37.5. The minimum Gasteiger partial charge on any atom is -0.319 e. The summed E-state index contributed by atoms with van der Waals surface area (Å²) in [6.45, 7) is 8.97. The third-order valence-electron chi connectivity index (χ3n) is 14.7. The van der Waals surface area contributed by atoms with Crippen LogP contribution in [-0.4, -0.2) is 18.3 Å². The van der Waals surface area contributed by atoms with Gasteiger partial charge in [0.25, 0.3) is 0 Å². The maximum absolute atomic E-state index is 11.5. The molecule has 0 aliphatic heterocycles. The molecule has 0 bridgehead atoms. The van der Waals surface area contributed by atoms with Gasteiger partial charge in [-0.15, -0.1) is 0 Å². The number of benzene rings is 11. The Balaban J connectivity index is 1.07. The predicted molar refractivity (Wildman–Crippen MR) is 290 cm³/mol. The van der Waals surface area contributed by atoms with Gasteiger partial charge in [0.15, 0.2) is 0 Å². The molecule has 0 amide bonds. The van der Waals surface area contributed by atoms with Crippen molar-refractivity contribution in [3.8, 4) is 28.8 Å². The van der Waals surface area contributed by atoms with Gasteiger partial charge >= 0.3 is 0 Å². The Morgan fingerprint density at radius 2 is 0.757 bits per heavy atom. The van der Waals surface area contributed by atoms with Crippen LogP contribution < -0.4 is 0 Å². The molecule has 0 radical (unpaired) electrons. The smallest absolute Gasteiger partial charge is 0.212 e. The summed E-state index contributed by atoms with van der Waals surface area (Å²) < 4.78 is 9.12. The van der Waals surface area contributed by atoms with Gasteiger partial charge in [-0.25, -0.2) is 4.85 Å². The number of para-hydroxylation sites is 4. The molecular formula is C64H36N6. The van der Waals surface area contributed by atoms with E-state index in [1.54, 1.807) is 0 Å². The number of fused-ring (bicyclic) bond motifs is 16. The number of hydrogen-bond donors (Lipinski definition) is 0. The lowest BCUT2D eigenvalue weighted by Crippen LogP contribution is -2.02. The zero-order chi connectivity index (χ0) is 46.2. The molecule has 0 fully saturated rings. The molecular weight excluding hydrogens is 853 g/mol. The van der Waals surface area contributed by atoms with Crippen LogP contribution in [0.1, 0.15) is 5.56 Å². The first-order valence-corrected chi connectivity index (χ1v) is 23.5. The molecule has 0 saturated carbocycles. The highest BCUT2D eigenvalue weighted by atomic mass is 15.0. The first-order valence-electron chi connectivity index (χ1n) is 23.5. The number of nitriles is 1. The molecule has 11 aromatic carbocycles. The van der Waals surface area contributed by atoms with Crippen LogP contribution in [0, 0.1) is 17.9 Å². The summed E-state index contributed by atoms with van der Waals surface area (Å²) in [5, 5.41) is 25.0. The first kappa shape index (κ1) is 38.2. The SMILES string of the molecule is [C-]#[N+]c1cc(-n2c3cc4c(cc3c3c5ccccc5ccc32)c2ccccc2n4-c2ccccc2)c(C#N)cc1-n1c2cc3c(cc2c2c4ccccc4ccc21)c1ccccc1n3-c1ccccc1. The van der Waals surface area contributed by atoms with E-state index in [4.69, 9.17) is 6.57 Å². The molecule has 4 heterocycles. The molecule has 6 heteroatoms. The van der Waals surface area contributed by atoms with Crippen molar-refractivity contribution in [3.05, 3.63) is 235 Å². The van der Waals surface area contributed by atoms with E-state index in [2.05, 4.69) is 223 Å². The van der Waals surface area contributed by atoms with Crippen molar-refractivity contribution in [2.24, 2.45) is 0 Å². The van der Waals surface area contributed by atoms with Crippen molar-refractivity contribution in [1.29, 1.82) is 5.26 Å². The highest BCUT2D eigenvalue weighted by Gasteiger charge is 2.25. The second kappa shape index (κ2) is 14.3. The van der Waals surface area contributed by atoms with Gasteiger partial charge in [-0.3, -0.25) is 0 Å². The standard InChI is InChI=1S/C64H36N6/c1-66-52-35-57(69-55-30-28-39-16-8-10-22-44(39)63(55)50-33-48-46-24-12-14-26-53(46)67(58(48)36-60(50)69)42-18-4-2-5-19-42)41(38-65)32-62(52)70-56-31-29-40-17-9-11-23-45(40)64(56)51-34-49-47-25-13-15-27-54(47)68(59(49)37-61(51)70)43-20-6-3-7-21-43/h2-37H. The molecule has 70 heavy (non-hydrogen) atoms. The second-order valence-electron chi connectivity index (χ2n) is 18.3. The van der Waals surface area contributed by atoms with Gasteiger partial charge in [-0.2, -0.15) is 5.26 Å². The molecule has 0 aliphatic rings. The monoisotopic (exact) mass is 888 g/mol. The quantitative estimate of drug-likeness (QED) is 0.162. The van der Waals surface area contributed by atoms with Gasteiger partial charge in [0, 0.05) is 54.5 Å². The average Bonchev–Trinajstić information content (AvgIpc) is 4.14. The normalized spacial score (nSPS) is 12.0. The van der Waals surface area contributed by atoms with Crippen molar-refractivity contribution < 1.29 is 0 Å². The van der Waals surface area contributed by atoms with Crippen molar-refractivity contribution in [1.82, 2.24) is 18.3 Å². The average molecular weight is 889 g/mol. The van der Waals surface area contributed by atoms with E-state index in [0.717, 1.165) is 109 Å². The number of aromatic nitrogens is 4. The first-order chi connectivity index (χ1) is 34.7. The minimum absolute atomic E-state index is 0.444. The van der Waals surface area contributed by atoms with Gasteiger partial charge < -0.3 is 18.3 Å². The molecule has 15 rings (SSSR count). The molecule has 0 saturated heterocycles. The highest BCUT2D eigenvalue weighted by molar-refractivity contribution is 6.27. The van der Waals surface area contributed by atoms with Crippen molar-refractivity contribution in [2.45, 2.75) is 0 Å². The van der Waals surface area contributed by atoms with E-state index in [-0.39, 0.29) is 0 Å². The molecule has 6 nitrogen and oxygen atoms in total. The summed E-state index contributed by atoms with van der Waals surface area (Å²) in [4.78, 5) is 4.35. The lowest BCUT2D eigenvalue weighted by atomic mass is 10.0. The van der Waals surface area contributed by atoms with E-state index in [1.807, 2.05) is 24.3 Å². The summed E-state index contributed by atoms with van der Waals surface area (Å²) in [5.41, 5.74) is 12.6. The van der Waals surface area contributed by atoms with E-state index in [9.17, 15) is 5.26 Å². The lowest BCUT2D eigenvalue weighted by molar-refractivity contribution is 1.14. The topological polar surface area (TPSA) is 47.9 Å². The van der Waals surface area contributed by atoms with Gasteiger partial charge in [-0.1, -0.05) is 133 Å². The third-order valence-corrected chi connectivity index (χ3v) is 14.7. The van der Waals surface area contributed by atoms with Crippen LogP contribution in [-0.2, 0) is 0 Å². The van der Waals surface area contributed by atoms with Crippen LogP contribution in [0.5, 0.6) is 0 Å². The van der Waals surface area contributed by atoms with Crippen molar-refractivity contribution in [3.63, 3.8) is 0 Å². The summed E-state index contributed by atoms with van der Waals surface area (Å²) in [6.07, 6.45) is 0. The number of nitrogens with zero attached hydrogens (tertiary/aromatic N) is 6. The number of hydrogen-bond acceptors (Lipinski definition) is 1. The Kier molecular flexibility index (Phi) is 7.82. The minimum atomic E-state index is 0.444. The van der Waals surface area contributed by atoms with E-state index in [1.165, 1.54) is 10.8 Å². The second-order valence-corrected chi connectivity index (χ2v) is 18.3. The molecule has 15 aromatic rings. The van der Waals surface area contributed by atoms with Gasteiger partial charge in [0.05, 0.1) is 67.6 Å². The van der Waals surface area contributed by atoms with Crippen LogP contribution in [0.3, 0.4) is 0 Å². The fourth-order valence-corrected chi connectivity index (χ4v) is 11.8. The molecule has 322 valence electrons. The largest absolute Gasteiger partial charge is 0.319 e. The highest BCUT2D eigenvalue weighted by Crippen LogP contribution is 2.46. The van der Waals surface area contributed by atoms with Crippen molar-refractivity contribution >= 4 is 114 Å². The lowest BCUT2D eigenvalue weighted by Gasteiger charge is -2.16. The van der Waals surface area contributed by atoms with Crippen molar-refractivity contribution in [2.75, 3.05) is 0 Å². The zero-order valence-corrected chi connectivity index (χ0v) is 37.5. The van der Waals surface area contributed by atoms with Crippen LogP contribution in [0.25, 0.3) is 136 Å². The predicted octanol–water partition coefficient (Wildman–Crippen LogP) is 16.8. The Morgan fingerprint density at radius 1 is 0.329 bits per heavy atom. The Bertz CT molecular complexity index is 4530. The third kappa shape index (κ3) is 5.14. The van der Waals surface area contributed by atoms with Gasteiger partial charge in [0.1, 0.15) is 6.07 Å². The Hall–Kier alpha value is -9.88. The Morgan fingerprint density at radius 3 is 1.24 bits per heavy atom. The van der Waals surface area contributed by atoms with Gasteiger partial charge in [-0.05, 0) is 106 Å². The summed E-state index contributed by atoms with van der Waals surface area (Å²) in [5.74, 6) is 0. The van der Waals surface area contributed by atoms with E-state index in [0.29, 0.717) is 22.6 Å². The molecule has 0 unspecified atom stereocenters. The summed E-state index contributed by atoms with van der Waals surface area (Å²) >= 11 is 0. The summed E-state index contributed by atoms with van der Waals surface area (Å²) in [7, 11) is 0. The molecule has 0 N–H and O–H groups in total. The van der Waals surface area contributed by atoms with Gasteiger partial charge in [0.2, 0.25) is 5.69 Å².